The number of nitrogens with two attached hydrogens (primary N) is 1. The van der Waals surface area contributed by atoms with Gasteiger partial charge in [0.05, 0.1) is 11.4 Å². The van der Waals surface area contributed by atoms with E-state index in [4.69, 9.17) is 10.2 Å². The summed E-state index contributed by atoms with van der Waals surface area (Å²) in [6.45, 7) is 0. The number of anilines is 1. The van der Waals surface area contributed by atoms with E-state index in [9.17, 15) is 8.78 Å². The standard InChI is InChI=1S/C14H10F2N2OS/c15-8-4-5-12(9(16)6-8)20-7-13-18-14-10(17)2-1-3-11(14)19-13/h1-6H,7,17H2. The number of nitrogen functional groups attached to an aromatic ring is 1. The van der Waals surface area contributed by atoms with E-state index in [-0.39, 0.29) is 0 Å². The second-order valence-electron chi connectivity index (χ2n) is 4.17. The molecule has 0 fully saturated rings. The minimum atomic E-state index is -0.596. The van der Waals surface area contributed by atoms with Crippen LogP contribution in [0, 0.1) is 11.6 Å². The number of halogens is 2. The first-order valence-corrected chi connectivity index (χ1v) is 6.84. The maximum atomic E-state index is 13.5. The Balaban J connectivity index is 1.81. The van der Waals surface area contributed by atoms with Gasteiger partial charge in [-0.2, -0.15) is 0 Å². The van der Waals surface area contributed by atoms with Crippen LogP contribution in [0.4, 0.5) is 14.5 Å². The van der Waals surface area contributed by atoms with Crippen LogP contribution in [-0.2, 0) is 5.75 Å². The van der Waals surface area contributed by atoms with Crippen molar-refractivity contribution in [3.05, 3.63) is 53.9 Å². The molecule has 0 saturated carbocycles. The van der Waals surface area contributed by atoms with Crippen molar-refractivity contribution in [1.29, 1.82) is 0 Å². The minimum Gasteiger partial charge on any atom is -0.440 e. The molecule has 2 N–H and O–H groups in total. The Kier molecular flexibility index (Phi) is 3.31. The molecule has 1 heterocycles. The molecule has 3 nitrogen and oxygen atoms in total. The Labute approximate surface area is 117 Å². The van der Waals surface area contributed by atoms with Gasteiger partial charge in [-0.15, -0.1) is 11.8 Å². The molecular formula is C14H10F2N2OS. The third-order valence-electron chi connectivity index (χ3n) is 2.74. The largest absolute Gasteiger partial charge is 0.440 e. The molecule has 1 aromatic heterocycles. The van der Waals surface area contributed by atoms with Crippen molar-refractivity contribution in [1.82, 2.24) is 4.98 Å². The van der Waals surface area contributed by atoms with Crippen molar-refractivity contribution in [3.63, 3.8) is 0 Å². The van der Waals surface area contributed by atoms with Gasteiger partial charge in [0.1, 0.15) is 17.2 Å². The van der Waals surface area contributed by atoms with Crippen molar-refractivity contribution in [2.45, 2.75) is 10.6 Å². The normalized spacial score (nSPS) is 11.1. The van der Waals surface area contributed by atoms with Crippen molar-refractivity contribution >= 4 is 28.5 Å². The first kappa shape index (κ1) is 12.9. The van der Waals surface area contributed by atoms with Crippen LogP contribution in [0.15, 0.2) is 45.7 Å². The molecule has 0 aliphatic heterocycles. The lowest BCUT2D eigenvalue weighted by Crippen LogP contribution is -1.87. The molecule has 102 valence electrons. The summed E-state index contributed by atoms with van der Waals surface area (Å²) in [5.74, 6) is -0.393. The monoisotopic (exact) mass is 292 g/mol. The summed E-state index contributed by atoms with van der Waals surface area (Å²) in [7, 11) is 0. The number of thioether (sulfide) groups is 1. The molecular weight excluding hydrogens is 282 g/mol. The zero-order valence-corrected chi connectivity index (χ0v) is 11.1. The van der Waals surface area contributed by atoms with E-state index in [1.165, 1.54) is 23.9 Å². The van der Waals surface area contributed by atoms with Crippen molar-refractivity contribution in [2.24, 2.45) is 0 Å². The Hall–Kier alpha value is -2.08. The first-order valence-electron chi connectivity index (χ1n) is 5.85. The van der Waals surface area contributed by atoms with Crippen LogP contribution in [0.2, 0.25) is 0 Å². The number of rotatable bonds is 3. The topological polar surface area (TPSA) is 52.0 Å². The highest BCUT2D eigenvalue weighted by atomic mass is 32.2. The Morgan fingerprint density at radius 1 is 1.20 bits per heavy atom. The molecule has 0 radical (unpaired) electrons. The number of aromatic nitrogens is 1. The van der Waals surface area contributed by atoms with Crippen LogP contribution < -0.4 is 5.73 Å². The van der Waals surface area contributed by atoms with Crippen LogP contribution >= 0.6 is 11.8 Å². The fourth-order valence-electron chi connectivity index (χ4n) is 1.81. The van der Waals surface area contributed by atoms with Crippen LogP contribution in [0.3, 0.4) is 0 Å². The molecule has 0 aliphatic carbocycles. The van der Waals surface area contributed by atoms with Gasteiger partial charge in [0, 0.05) is 11.0 Å². The molecule has 3 rings (SSSR count). The minimum absolute atomic E-state index is 0.344. The van der Waals surface area contributed by atoms with E-state index in [2.05, 4.69) is 4.98 Å². The van der Waals surface area contributed by atoms with Gasteiger partial charge in [0.25, 0.3) is 0 Å². The SMILES string of the molecule is Nc1cccc2oc(CSc3ccc(F)cc3F)nc12. The quantitative estimate of drug-likeness (QED) is 0.586. The number of hydrogen-bond acceptors (Lipinski definition) is 4. The average Bonchev–Trinajstić information content (AvgIpc) is 2.82. The highest BCUT2D eigenvalue weighted by molar-refractivity contribution is 7.98. The summed E-state index contributed by atoms with van der Waals surface area (Å²) in [5, 5.41) is 0. The van der Waals surface area contributed by atoms with Gasteiger partial charge in [0.2, 0.25) is 5.89 Å². The second-order valence-corrected chi connectivity index (χ2v) is 5.18. The summed E-state index contributed by atoms with van der Waals surface area (Å²) >= 11 is 1.19. The zero-order chi connectivity index (χ0) is 14.1. The fraction of sp³-hybridized carbons (Fsp3) is 0.0714. The smallest absolute Gasteiger partial charge is 0.205 e. The molecule has 0 spiro atoms. The van der Waals surface area contributed by atoms with Crippen molar-refractivity contribution in [3.8, 4) is 0 Å². The van der Waals surface area contributed by atoms with Crippen LogP contribution in [0.1, 0.15) is 5.89 Å². The predicted octanol–water partition coefficient (Wildman–Crippen LogP) is 3.98. The van der Waals surface area contributed by atoms with Gasteiger partial charge in [-0.05, 0) is 24.3 Å². The predicted molar refractivity (Wildman–Crippen MR) is 74.3 cm³/mol. The zero-order valence-electron chi connectivity index (χ0n) is 10.3. The number of nitrogens with zero attached hydrogens (tertiary/aromatic N) is 1. The Morgan fingerprint density at radius 2 is 2.05 bits per heavy atom. The van der Waals surface area contributed by atoms with Crippen LogP contribution in [-0.4, -0.2) is 4.98 Å². The molecule has 3 aromatic rings. The van der Waals surface area contributed by atoms with Gasteiger partial charge in [-0.3, -0.25) is 0 Å². The van der Waals surface area contributed by atoms with E-state index in [1.54, 1.807) is 18.2 Å². The summed E-state index contributed by atoms with van der Waals surface area (Å²) in [6.07, 6.45) is 0. The van der Waals surface area contributed by atoms with E-state index in [0.29, 0.717) is 33.3 Å². The van der Waals surface area contributed by atoms with Gasteiger partial charge >= 0.3 is 0 Å². The number of hydrogen-bond donors (Lipinski definition) is 1. The molecule has 0 aliphatic rings. The van der Waals surface area contributed by atoms with Gasteiger partial charge < -0.3 is 10.2 Å². The summed E-state index contributed by atoms with van der Waals surface area (Å²) in [5.41, 5.74) is 7.52. The first-order chi connectivity index (χ1) is 9.63. The average molecular weight is 292 g/mol. The second kappa shape index (κ2) is 5.13. The van der Waals surface area contributed by atoms with E-state index < -0.39 is 11.6 Å². The maximum absolute atomic E-state index is 13.5. The van der Waals surface area contributed by atoms with E-state index >= 15 is 0 Å². The number of oxazole rings is 1. The lowest BCUT2D eigenvalue weighted by molar-refractivity contribution is 0.554. The van der Waals surface area contributed by atoms with Crippen molar-refractivity contribution < 1.29 is 13.2 Å². The highest BCUT2D eigenvalue weighted by Crippen LogP contribution is 2.28. The van der Waals surface area contributed by atoms with Gasteiger partial charge in [-0.1, -0.05) is 6.07 Å². The van der Waals surface area contributed by atoms with E-state index in [1.807, 2.05) is 0 Å². The lowest BCUT2D eigenvalue weighted by atomic mass is 10.3. The number of para-hydroxylation sites is 1. The molecule has 0 saturated heterocycles. The summed E-state index contributed by atoms with van der Waals surface area (Å²) < 4.78 is 31.8. The number of fused-ring (bicyclic) bond motifs is 1. The molecule has 0 atom stereocenters. The van der Waals surface area contributed by atoms with E-state index in [0.717, 1.165) is 6.07 Å². The molecule has 6 heteroatoms. The van der Waals surface area contributed by atoms with Crippen LogP contribution in [0.25, 0.3) is 11.1 Å². The van der Waals surface area contributed by atoms with Crippen molar-refractivity contribution in [2.75, 3.05) is 5.73 Å². The maximum Gasteiger partial charge on any atom is 0.205 e. The summed E-state index contributed by atoms with van der Waals surface area (Å²) in [4.78, 5) is 4.61. The molecule has 0 unspecified atom stereocenters. The summed E-state index contributed by atoms with van der Waals surface area (Å²) in [6, 6.07) is 8.75. The molecule has 0 bridgehead atoms. The lowest BCUT2D eigenvalue weighted by Gasteiger charge is -2.00. The number of benzene rings is 2. The molecule has 0 amide bonds. The van der Waals surface area contributed by atoms with Gasteiger partial charge in [-0.25, -0.2) is 13.8 Å². The highest BCUT2D eigenvalue weighted by Gasteiger charge is 2.10. The van der Waals surface area contributed by atoms with Crippen LogP contribution in [0.5, 0.6) is 0 Å². The Bertz CT molecular complexity index is 773. The Morgan fingerprint density at radius 3 is 2.80 bits per heavy atom. The molecule has 2 aromatic carbocycles. The fourth-order valence-corrected chi connectivity index (χ4v) is 2.57. The third kappa shape index (κ3) is 2.46. The third-order valence-corrected chi connectivity index (χ3v) is 3.77. The van der Waals surface area contributed by atoms with Gasteiger partial charge in [0.15, 0.2) is 5.58 Å². The molecule has 20 heavy (non-hydrogen) atoms.